The molecule has 1 unspecified atom stereocenters. The van der Waals surface area contributed by atoms with Crippen molar-refractivity contribution in [3.8, 4) is 0 Å². The van der Waals surface area contributed by atoms with Crippen LogP contribution in [0.5, 0.6) is 0 Å². The van der Waals surface area contributed by atoms with Gasteiger partial charge >= 0.3 is 0 Å². The highest BCUT2D eigenvalue weighted by Gasteiger charge is 2.35. The number of quaternary nitrogens is 1. The second-order valence-corrected chi connectivity index (χ2v) is 7.51. The number of hydrogen-bond acceptors (Lipinski definition) is 2. The average Bonchev–Trinajstić information content (AvgIpc) is 2.60. The number of rotatable bonds is 5. The van der Waals surface area contributed by atoms with Crippen LogP contribution in [0.4, 0.5) is 0 Å². The standard InChI is InChI=1S/C21H28NO2.HI/c1-22(2)15-9-14-20(16-22)24-17-21(23,18-10-5-3-6-11-18)19-12-7-4-8-13-19;/h3-8,10-13,20,23H,9,14-17H2,1-2H3;1H/q+1;/p-1. The lowest BCUT2D eigenvalue weighted by Crippen LogP contribution is -3.00. The van der Waals surface area contributed by atoms with E-state index >= 15 is 0 Å². The third-order valence-electron chi connectivity index (χ3n) is 5.02. The number of benzene rings is 2. The molecular weight excluding hydrogens is 425 g/mol. The van der Waals surface area contributed by atoms with Crippen molar-refractivity contribution in [3.05, 3.63) is 71.8 Å². The summed E-state index contributed by atoms with van der Waals surface area (Å²) in [4.78, 5) is 0. The number of likely N-dealkylation sites (N-methyl/N-ethyl adjacent to an activating group) is 1. The van der Waals surface area contributed by atoms with Crippen LogP contribution in [0.1, 0.15) is 24.0 Å². The molecule has 2 aromatic carbocycles. The Morgan fingerprint density at radius 2 is 1.52 bits per heavy atom. The topological polar surface area (TPSA) is 29.5 Å². The van der Waals surface area contributed by atoms with Gasteiger partial charge < -0.3 is 38.3 Å². The summed E-state index contributed by atoms with van der Waals surface area (Å²) < 4.78 is 7.21. The quantitative estimate of drug-likeness (QED) is 0.518. The molecule has 1 fully saturated rings. The van der Waals surface area contributed by atoms with E-state index in [0.29, 0.717) is 0 Å². The van der Waals surface area contributed by atoms with Gasteiger partial charge in [-0.3, -0.25) is 0 Å². The molecule has 0 spiro atoms. The van der Waals surface area contributed by atoms with Crippen LogP contribution >= 0.6 is 0 Å². The molecule has 3 nitrogen and oxygen atoms in total. The SMILES string of the molecule is C[N+]1(C)CCCC(OCC(O)(c2ccccc2)c2ccccc2)C1.[I-]. The lowest BCUT2D eigenvalue weighted by Gasteiger charge is -2.39. The van der Waals surface area contributed by atoms with E-state index < -0.39 is 5.60 Å². The zero-order valence-corrected chi connectivity index (χ0v) is 17.2. The lowest BCUT2D eigenvalue weighted by molar-refractivity contribution is -0.898. The normalized spacial score (nSPS) is 19.9. The van der Waals surface area contributed by atoms with Crippen LogP contribution in [0.3, 0.4) is 0 Å². The summed E-state index contributed by atoms with van der Waals surface area (Å²) in [7, 11) is 4.49. The summed E-state index contributed by atoms with van der Waals surface area (Å²) in [6, 6.07) is 19.7. The Bertz CT molecular complexity index is 606. The first kappa shape index (κ1) is 20.4. The second-order valence-electron chi connectivity index (χ2n) is 7.51. The molecule has 1 saturated heterocycles. The largest absolute Gasteiger partial charge is 1.00 e. The number of hydrogen-bond donors (Lipinski definition) is 1. The van der Waals surface area contributed by atoms with Gasteiger partial charge in [0.25, 0.3) is 0 Å². The van der Waals surface area contributed by atoms with Crippen molar-refractivity contribution in [3.63, 3.8) is 0 Å². The van der Waals surface area contributed by atoms with Crippen molar-refractivity contribution in [2.75, 3.05) is 33.8 Å². The van der Waals surface area contributed by atoms with Crippen molar-refractivity contribution in [1.82, 2.24) is 0 Å². The van der Waals surface area contributed by atoms with Crippen molar-refractivity contribution in [1.29, 1.82) is 0 Å². The first-order chi connectivity index (χ1) is 11.5. The van der Waals surface area contributed by atoms with Gasteiger partial charge in [-0.15, -0.1) is 0 Å². The van der Waals surface area contributed by atoms with E-state index in [4.69, 9.17) is 4.74 Å². The monoisotopic (exact) mass is 453 g/mol. The Hall–Kier alpha value is -0.950. The molecule has 3 rings (SSSR count). The van der Waals surface area contributed by atoms with Crippen molar-refractivity contribution in [2.24, 2.45) is 0 Å². The minimum absolute atomic E-state index is 0. The zero-order chi connectivity index (χ0) is 17.0. The third kappa shape index (κ3) is 5.03. The predicted molar refractivity (Wildman–Crippen MR) is 96.7 cm³/mol. The van der Waals surface area contributed by atoms with E-state index in [1.165, 1.54) is 13.0 Å². The molecule has 0 saturated carbocycles. The number of likely N-dealkylation sites (tertiary alicyclic amines) is 1. The van der Waals surface area contributed by atoms with E-state index in [0.717, 1.165) is 28.6 Å². The molecule has 136 valence electrons. The van der Waals surface area contributed by atoms with E-state index in [1.807, 2.05) is 60.7 Å². The lowest BCUT2D eigenvalue weighted by atomic mass is 9.87. The molecule has 0 radical (unpaired) electrons. The van der Waals surface area contributed by atoms with E-state index in [1.54, 1.807) is 0 Å². The Labute approximate surface area is 168 Å². The molecule has 0 aromatic heterocycles. The molecule has 1 heterocycles. The van der Waals surface area contributed by atoms with Crippen molar-refractivity contribution >= 4 is 0 Å². The molecule has 1 N–H and O–H groups in total. The maximum atomic E-state index is 11.5. The number of nitrogens with zero attached hydrogens (tertiary/aromatic N) is 1. The van der Waals surface area contributed by atoms with Gasteiger partial charge in [0.1, 0.15) is 18.2 Å². The number of piperidine rings is 1. The molecular formula is C21H28INO2. The van der Waals surface area contributed by atoms with Crippen LogP contribution in [-0.2, 0) is 10.3 Å². The number of ether oxygens (including phenoxy) is 1. The van der Waals surface area contributed by atoms with Gasteiger partial charge in [0.15, 0.2) is 0 Å². The first-order valence-electron chi connectivity index (χ1n) is 8.77. The zero-order valence-electron chi connectivity index (χ0n) is 15.1. The first-order valence-corrected chi connectivity index (χ1v) is 8.77. The fourth-order valence-corrected chi connectivity index (χ4v) is 3.62. The van der Waals surface area contributed by atoms with Gasteiger partial charge in [-0.05, 0) is 24.0 Å². The Kier molecular flexibility index (Phi) is 7.02. The molecule has 1 aliphatic heterocycles. The smallest absolute Gasteiger partial charge is 0.138 e. The van der Waals surface area contributed by atoms with Gasteiger partial charge in [-0.2, -0.15) is 0 Å². The highest BCUT2D eigenvalue weighted by atomic mass is 127. The summed E-state index contributed by atoms with van der Waals surface area (Å²) in [5.74, 6) is 0. The number of halogens is 1. The molecule has 1 aliphatic rings. The summed E-state index contributed by atoms with van der Waals surface area (Å²) in [5, 5.41) is 11.5. The fraction of sp³-hybridized carbons (Fsp3) is 0.429. The van der Waals surface area contributed by atoms with E-state index in [2.05, 4.69) is 14.1 Å². The van der Waals surface area contributed by atoms with Crippen LogP contribution in [-0.4, -0.2) is 49.5 Å². The summed E-state index contributed by atoms with van der Waals surface area (Å²) >= 11 is 0. The average molecular weight is 453 g/mol. The molecule has 0 bridgehead atoms. The van der Waals surface area contributed by atoms with Crippen LogP contribution in [0, 0.1) is 0 Å². The number of aliphatic hydroxyl groups is 1. The third-order valence-corrected chi connectivity index (χ3v) is 5.02. The van der Waals surface area contributed by atoms with Crippen LogP contribution < -0.4 is 24.0 Å². The van der Waals surface area contributed by atoms with Gasteiger partial charge in [-0.25, -0.2) is 0 Å². The van der Waals surface area contributed by atoms with Crippen LogP contribution in [0.25, 0.3) is 0 Å². The Morgan fingerprint density at radius 1 is 1.00 bits per heavy atom. The second kappa shape index (κ2) is 8.62. The summed E-state index contributed by atoms with van der Waals surface area (Å²) in [6.07, 6.45) is 2.45. The van der Waals surface area contributed by atoms with Gasteiger partial charge in [0.2, 0.25) is 0 Å². The fourth-order valence-electron chi connectivity index (χ4n) is 3.62. The van der Waals surface area contributed by atoms with Gasteiger partial charge in [0, 0.05) is 0 Å². The van der Waals surface area contributed by atoms with Gasteiger partial charge in [0.05, 0.1) is 27.2 Å². The molecule has 0 amide bonds. The Balaban J connectivity index is 0.00000225. The highest BCUT2D eigenvalue weighted by Crippen LogP contribution is 2.31. The maximum Gasteiger partial charge on any atom is 0.138 e. The molecule has 1 atom stereocenters. The summed E-state index contributed by atoms with van der Waals surface area (Å²) in [5.41, 5.74) is 0.637. The van der Waals surface area contributed by atoms with E-state index in [9.17, 15) is 5.11 Å². The predicted octanol–water partition coefficient (Wildman–Crippen LogP) is 0.182. The molecule has 25 heavy (non-hydrogen) atoms. The minimum Gasteiger partial charge on any atom is -1.00 e. The minimum atomic E-state index is -1.11. The van der Waals surface area contributed by atoms with Crippen LogP contribution in [0.15, 0.2) is 60.7 Å². The molecule has 4 heteroatoms. The highest BCUT2D eigenvalue weighted by molar-refractivity contribution is 5.36. The maximum absolute atomic E-state index is 11.5. The Morgan fingerprint density at radius 3 is 2.00 bits per heavy atom. The van der Waals surface area contributed by atoms with E-state index in [-0.39, 0.29) is 36.7 Å². The molecule has 2 aromatic rings. The van der Waals surface area contributed by atoms with Gasteiger partial charge in [-0.1, -0.05) is 60.7 Å². The van der Waals surface area contributed by atoms with Crippen molar-refractivity contribution in [2.45, 2.75) is 24.5 Å². The molecule has 0 aliphatic carbocycles. The summed E-state index contributed by atoms with van der Waals surface area (Å²) in [6.45, 7) is 2.48. The van der Waals surface area contributed by atoms with Crippen molar-refractivity contribution < 1.29 is 38.3 Å². The van der Waals surface area contributed by atoms with Crippen LogP contribution in [0.2, 0.25) is 0 Å².